The fourth-order valence-corrected chi connectivity index (χ4v) is 3.00. The summed E-state index contributed by atoms with van der Waals surface area (Å²) < 4.78 is 13.8. The molecular weight excluding hydrogens is 293 g/mol. The van der Waals surface area contributed by atoms with E-state index in [9.17, 15) is 4.39 Å². The number of hydrogen-bond acceptors (Lipinski definition) is 1. The van der Waals surface area contributed by atoms with Crippen LogP contribution in [0.5, 0.6) is 0 Å². The van der Waals surface area contributed by atoms with Crippen molar-refractivity contribution in [1.29, 1.82) is 0 Å². The van der Waals surface area contributed by atoms with Crippen LogP contribution in [0.3, 0.4) is 0 Å². The molecule has 1 rings (SSSR count). The summed E-state index contributed by atoms with van der Waals surface area (Å²) in [6.45, 7) is 4.44. The Balaban J connectivity index is 2.94. The highest BCUT2D eigenvalue weighted by Gasteiger charge is 2.20. The second-order valence-electron chi connectivity index (χ2n) is 4.78. The Labute approximate surface area is 118 Å². The summed E-state index contributed by atoms with van der Waals surface area (Å²) in [7, 11) is 1.99. The van der Waals surface area contributed by atoms with Crippen LogP contribution in [0.1, 0.15) is 51.1 Å². The lowest BCUT2D eigenvalue weighted by atomic mass is 9.86. The summed E-state index contributed by atoms with van der Waals surface area (Å²) in [5.41, 5.74) is 1.16. The van der Waals surface area contributed by atoms with Crippen molar-refractivity contribution in [3.63, 3.8) is 0 Å². The van der Waals surface area contributed by atoms with Gasteiger partial charge in [0.15, 0.2) is 0 Å². The van der Waals surface area contributed by atoms with E-state index in [0.717, 1.165) is 5.56 Å². The van der Waals surface area contributed by atoms with Gasteiger partial charge in [-0.25, -0.2) is 4.39 Å². The summed E-state index contributed by atoms with van der Waals surface area (Å²) in [5.74, 6) is 0.415. The standard InChI is InChI=1S/C15H23BrFN/c1-4-6-11(7-5-2)15(18-3)12-8-9-14(17)13(16)10-12/h8-11,15,18H,4-7H2,1-3H3. The highest BCUT2D eigenvalue weighted by atomic mass is 79.9. The summed E-state index contributed by atoms with van der Waals surface area (Å²) >= 11 is 3.27. The molecule has 0 amide bonds. The molecule has 0 aliphatic heterocycles. The Morgan fingerprint density at radius 1 is 1.22 bits per heavy atom. The number of rotatable bonds is 7. The minimum Gasteiger partial charge on any atom is -0.313 e. The first-order valence-corrected chi connectivity index (χ1v) is 7.55. The third-order valence-corrected chi connectivity index (χ3v) is 4.01. The lowest BCUT2D eigenvalue weighted by Gasteiger charge is -2.27. The molecule has 1 unspecified atom stereocenters. The summed E-state index contributed by atoms with van der Waals surface area (Å²) in [5, 5.41) is 3.39. The van der Waals surface area contributed by atoms with Gasteiger partial charge in [0.25, 0.3) is 0 Å². The second kappa shape index (κ2) is 7.90. The van der Waals surface area contributed by atoms with E-state index in [1.807, 2.05) is 19.2 Å². The molecular formula is C15H23BrFN. The van der Waals surface area contributed by atoms with E-state index < -0.39 is 0 Å². The Hall–Kier alpha value is -0.410. The SMILES string of the molecule is CCCC(CCC)C(NC)c1ccc(F)c(Br)c1. The monoisotopic (exact) mass is 315 g/mol. The van der Waals surface area contributed by atoms with Gasteiger partial charge in [-0.3, -0.25) is 0 Å². The van der Waals surface area contributed by atoms with Gasteiger partial charge >= 0.3 is 0 Å². The maximum Gasteiger partial charge on any atom is 0.137 e. The molecule has 0 bridgehead atoms. The van der Waals surface area contributed by atoms with Gasteiger partial charge in [-0.1, -0.05) is 32.8 Å². The zero-order valence-corrected chi connectivity index (χ0v) is 13.1. The third-order valence-electron chi connectivity index (χ3n) is 3.40. The maximum atomic E-state index is 13.3. The molecule has 0 aliphatic rings. The quantitative estimate of drug-likeness (QED) is 0.741. The lowest BCUT2D eigenvalue weighted by Crippen LogP contribution is -2.25. The molecule has 0 fully saturated rings. The van der Waals surface area contributed by atoms with Crippen LogP contribution in [-0.4, -0.2) is 7.05 Å². The van der Waals surface area contributed by atoms with Crippen molar-refractivity contribution in [3.8, 4) is 0 Å². The number of halogens is 2. The molecule has 1 nitrogen and oxygen atoms in total. The molecule has 0 radical (unpaired) electrons. The lowest BCUT2D eigenvalue weighted by molar-refractivity contribution is 0.330. The van der Waals surface area contributed by atoms with Gasteiger partial charge < -0.3 is 5.32 Å². The fourth-order valence-electron chi connectivity index (χ4n) is 2.60. The molecule has 102 valence electrons. The topological polar surface area (TPSA) is 12.0 Å². The molecule has 0 saturated carbocycles. The van der Waals surface area contributed by atoms with E-state index in [-0.39, 0.29) is 5.82 Å². The van der Waals surface area contributed by atoms with Crippen LogP contribution in [-0.2, 0) is 0 Å². The molecule has 0 aromatic heterocycles. The number of nitrogens with one attached hydrogen (secondary N) is 1. The van der Waals surface area contributed by atoms with Crippen LogP contribution in [0.2, 0.25) is 0 Å². The molecule has 1 N–H and O–H groups in total. The van der Waals surface area contributed by atoms with Gasteiger partial charge in [-0.05, 0) is 59.4 Å². The Morgan fingerprint density at radius 3 is 2.28 bits per heavy atom. The van der Waals surface area contributed by atoms with E-state index in [1.54, 1.807) is 6.07 Å². The van der Waals surface area contributed by atoms with E-state index in [1.165, 1.54) is 25.7 Å². The van der Waals surface area contributed by atoms with Crippen LogP contribution in [0.15, 0.2) is 22.7 Å². The second-order valence-corrected chi connectivity index (χ2v) is 5.63. The third kappa shape index (κ3) is 4.06. The smallest absolute Gasteiger partial charge is 0.137 e. The predicted octanol–water partition coefficient (Wildman–Crippen LogP) is 5.07. The first-order chi connectivity index (χ1) is 8.63. The zero-order chi connectivity index (χ0) is 13.5. The van der Waals surface area contributed by atoms with Crippen molar-refractivity contribution >= 4 is 15.9 Å². The Kier molecular flexibility index (Phi) is 6.87. The first-order valence-electron chi connectivity index (χ1n) is 6.76. The van der Waals surface area contributed by atoms with Crippen molar-refractivity contribution < 1.29 is 4.39 Å². The highest BCUT2D eigenvalue weighted by molar-refractivity contribution is 9.10. The number of hydrogen-bond donors (Lipinski definition) is 1. The molecule has 3 heteroatoms. The van der Waals surface area contributed by atoms with Gasteiger partial charge in [0, 0.05) is 6.04 Å². The van der Waals surface area contributed by atoms with E-state index >= 15 is 0 Å². The van der Waals surface area contributed by atoms with Crippen LogP contribution in [0, 0.1) is 11.7 Å². The van der Waals surface area contributed by atoms with Crippen molar-refractivity contribution in [1.82, 2.24) is 5.32 Å². The summed E-state index contributed by atoms with van der Waals surface area (Å²) in [6.07, 6.45) is 4.78. The van der Waals surface area contributed by atoms with Gasteiger partial charge in [0.1, 0.15) is 5.82 Å². The van der Waals surface area contributed by atoms with Crippen LogP contribution in [0.25, 0.3) is 0 Å². The van der Waals surface area contributed by atoms with Gasteiger partial charge in [0.2, 0.25) is 0 Å². The van der Waals surface area contributed by atoms with Gasteiger partial charge in [-0.15, -0.1) is 0 Å². The highest BCUT2D eigenvalue weighted by Crippen LogP contribution is 2.31. The average Bonchev–Trinajstić information content (AvgIpc) is 2.35. The van der Waals surface area contributed by atoms with Gasteiger partial charge in [-0.2, -0.15) is 0 Å². The molecule has 1 aromatic carbocycles. The van der Waals surface area contributed by atoms with E-state index in [2.05, 4.69) is 35.1 Å². The molecule has 0 spiro atoms. The van der Waals surface area contributed by atoms with Gasteiger partial charge in [0.05, 0.1) is 4.47 Å². The largest absolute Gasteiger partial charge is 0.313 e. The molecule has 18 heavy (non-hydrogen) atoms. The minimum absolute atomic E-state index is 0.198. The Morgan fingerprint density at radius 2 is 1.83 bits per heavy atom. The molecule has 0 saturated heterocycles. The first kappa shape index (κ1) is 15.6. The van der Waals surface area contributed by atoms with Crippen molar-refractivity contribution in [2.24, 2.45) is 5.92 Å². The maximum absolute atomic E-state index is 13.3. The zero-order valence-electron chi connectivity index (χ0n) is 11.5. The molecule has 0 aliphatic carbocycles. The molecule has 0 heterocycles. The average molecular weight is 316 g/mol. The normalized spacial score (nSPS) is 13.0. The van der Waals surface area contributed by atoms with Crippen molar-refractivity contribution in [2.75, 3.05) is 7.05 Å². The minimum atomic E-state index is -0.198. The van der Waals surface area contributed by atoms with Crippen molar-refractivity contribution in [3.05, 3.63) is 34.1 Å². The van der Waals surface area contributed by atoms with Crippen LogP contribution >= 0.6 is 15.9 Å². The van der Waals surface area contributed by atoms with E-state index in [4.69, 9.17) is 0 Å². The molecule has 1 atom stereocenters. The summed E-state index contributed by atoms with van der Waals surface area (Å²) in [4.78, 5) is 0. The summed E-state index contributed by atoms with van der Waals surface area (Å²) in [6, 6.07) is 5.63. The van der Waals surface area contributed by atoms with Crippen LogP contribution < -0.4 is 5.32 Å². The Bertz CT molecular complexity index is 362. The van der Waals surface area contributed by atoms with Crippen LogP contribution in [0.4, 0.5) is 4.39 Å². The van der Waals surface area contributed by atoms with E-state index in [0.29, 0.717) is 16.4 Å². The predicted molar refractivity (Wildman–Crippen MR) is 79.2 cm³/mol. The van der Waals surface area contributed by atoms with Crippen molar-refractivity contribution in [2.45, 2.75) is 45.6 Å². The number of benzene rings is 1. The fraction of sp³-hybridized carbons (Fsp3) is 0.600. The molecule has 1 aromatic rings.